The van der Waals surface area contributed by atoms with Crippen molar-refractivity contribution in [1.82, 2.24) is 0 Å². The first kappa shape index (κ1) is 13.5. The average molecular weight is 278 g/mol. The number of aliphatic hydroxyl groups excluding tert-OH is 1. The summed E-state index contributed by atoms with van der Waals surface area (Å²) in [7, 11) is 0. The smallest absolute Gasteiger partial charge is 0.341 e. The van der Waals surface area contributed by atoms with E-state index >= 15 is 0 Å². The third-order valence-electron chi connectivity index (χ3n) is 5.23. The second kappa shape index (κ2) is 3.80. The predicted molar refractivity (Wildman–Crippen MR) is 69.6 cm³/mol. The van der Waals surface area contributed by atoms with Gasteiger partial charge in [-0.25, -0.2) is 4.79 Å². The van der Waals surface area contributed by atoms with E-state index < -0.39 is 28.5 Å². The SMILES string of the molecule is C=CC[C@]12CC(=O)C=C1[C@]1(C)COC(=O)[C@]1(O)[C@H](O)C2. The van der Waals surface area contributed by atoms with Gasteiger partial charge in [-0.15, -0.1) is 6.58 Å². The molecule has 2 aliphatic carbocycles. The number of allylic oxidation sites excluding steroid dienone is 2. The number of rotatable bonds is 2. The number of esters is 1. The normalized spacial score (nSPS) is 46.5. The third kappa shape index (κ3) is 1.29. The molecule has 3 aliphatic rings. The Labute approximate surface area is 116 Å². The van der Waals surface area contributed by atoms with Crippen LogP contribution in [0.5, 0.6) is 0 Å². The fourth-order valence-corrected chi connectivity index (χ4v) is 4.22. The van der Waals surface area contributed by atoms with E-state index in [4.69, 9.17) is 4.74 Å². The number of aliphatic hydroxyl groups is 2. The van der Waals surface area contributed by atoms with E-state index in [2.05, 4.69) is 6.58 Å². The number of carbonyl (C=O) groups is 2. The number of ketones is 1. The van der Waals surface area contributed by atoms with Gasteiger partial charge in [0.25, 0.3) is 0 Å². The standard InChI is InChI=1S/C15H18O5/c1-3-4-14-6-9(16)5-10(14)13(2)8-20-12(18)15(13,19)11(17)7-14/h3,5,11,17,19H,1,4,6-8H2,2H3/t11-,13+,14-,15-/m1/s1. The monoisotopic (exact) mass is 278 g/mol. The minimum atomic E-state index is -1.96. The highest BCUT2D eigenvalue weighted by Gasteiger charge is 2.72. The lowest BCUT2D eigenvalue weighted by atomic mass is 9.52. The maximum absolute atomic E-state index is 11.9. The van der Waals surface area contributed by atoms with Crippen LogP contribution in [0, 0.1) is 10.8 Å². The predicted octanol–water partition coefficient (Wildman–Crippen LogP) is 0.507. The van der Waals surface area contributed by atoms with Crippen molar-refractivity contribution in [3.05, 3.63) is 24.3 Å². The Hall–Kier alpha value is -1.46. The second-order valence-corrected chi connectivity index (χ2v) is 6.37. The molecule has 0 aromatic heterocycles. The first-order valence-corrected chi connectivity index (χ1v) is 6.74. The second-order valence-electron chi connectivity index (χ2n) is 6.37. The molecular formula is C15H18O5. The summed E-state index contributed by atoms with van der Waals surface area (Å²) in [6, 6.07) is 0. The number of ether oxygens (including phenoxy) is 1. The molecule has 4 atom stereocenters. The summed E-state index contributed by atoms with van der Waals surface area (Å²) in [5.74, 6) is -0.848. The van der Waals surface area contributed by atoms with Crippen LogP contribution in [0.15, 0.2) is 24.3 Å². The van der Waals surface area contributed by atoms with Crippen molar-refractivity contribution in [2.24, 2.45) is 10.8 Å². The van der Waals surface area contributed by atoms with Gasteiger partial charge in [0.2, 0.25) is 5.60 Å². The maximum Gasteiger partial charge on any atom is 0.341 e. The molecule has 0 aromatic carbocycles. The molecule has 0 amide bonds. The van der Waals surface area contributed by atoms with Gasteiger partial charge in [0.15, 0.2) is 5.78 Å². The molecule has 3 rings (SSSR count). The van der Waals surface area contributed by atoms with E-state index in [1.807, 2.05) is 0 Å². The summed E-state index contributed by atoms with van der Waals surface area (Å²) < 4.78 is 5.02. The molecule has 1 heterocycles. The molecule has 1 saturated carbocycles. The van der Waals surface area contributed by atoms with Gasteiger partial charge >= 0.3 is 5.97 Å². The summed E-state index contributed by atoms with van der Waals surface area (Å²) in [4.78, 5) is 23.8. The molecule has 0 unspecified atom stereocenters. The molecular weight excluding hydrogens is 260 g/mol. The van der Waals surface area contributed by atoms with Gasteiger partial charge in [-0.2, -0.15) is 0 Å². The lowest BCUT2D eigenvalue weighted by molar-refractivity contribution is -0.181. The highest BCUT2D eigenvalue weighted by Crippen LogP contribution is 2.63. The van der Waals surface area contributed by atoms with E-state index in [1.54, 1.807) is 13.0 Å². The number of fused-ring (bicyclic) bond motifs is 3. The van der Waals surface area contributed by atoms with Gasteiger partial charge in [0.1, 0.15) is 6.61 Å². The molecule has 1 aliphatic heterocycles. The summed E-state index contributed by atoms with van der Waals surface area (Å²) in [5, 5.41) is 21.1. The Balaban J connectivity index is 2.19. The van der Waals surface area contributed by atoms with Gasteiger partial charge < -0.3 is 14.9 Å². The van der Waals surface area contributed by atoms with Gasteiger partial charge in [-0.3, -0.25) is 4.79 Å². The molecule has 0 spiro atoms. The largest absolute Gasteiger partial charge is 0.462 e. The fourth-order valence-electron chi connectivity index (χ4n) is 4.22. The molecule has 0 aromatic rings. The summed E-state index contributed by atoms with van der Waals surface area (Å²) in [5.41, 5.74) is -2.85. The van der Waals surface area contributed by atoms with Crippen LogP contribution in [0.25, 0.3) is 0 Å². The highest BCUT2D eigenvalue weighted by atomic mass is 16.6. The number of hydrogen-bond acceptors (Lipinski definition) is 5. The Morgan fingerprint density at radius 1 is 1.55 bits per heavy atom. The van der Waals surface area contributed by atoms with Crippen molar-refractivity contribution in [2.75, 3.05) is 6.61 Å². The number of hydrogen-bond donors (Lipinski definition) is 2. The summed E-state index contributed by atoms with van der Waals surface area (Å²) >= 11 is 0. The zero-order valence-corrected chi connectivity index (χ0v) is 11.4. The minimum absolute atomic E-state index is 0.0165. The summed E-state index contributed by atoms with van der Waals surface area (Å²) in [6.07, 6.45) is 2.96. The Bertz CT molecular complexity index is 550. The van der Waals surface area contributed by atoms with Crippen LogP contribution in [-0.2, 0) is 14.3 Å². The maximum atomic E-state index is 11.9. The van der Waals surface area contributed by atoms with Gasteiger partial charge in [-0.05, 0) is 31.4 Å². The lowest BCUT2D eigenvalue weighted by Crippen LogP contribution is -2.63. The Morgan fingerprint density at radius 3 is 2.90 bits per heavy atom. The van der Waals surface area contributed by atoms with Gasteiger partial charge in [0.05, 0.1) is 11.5 Å². The van der Waals surface area contributed by atoms with Crippen molar-refractivity contribution in [3.63, 3.8) is 0 Å². The van der Waals surface area contributed by atoms with E-state index in [-0.39, 0.29) is 25.2 Å². The lowest BCUT2D eigenvalue weighted by Gasteiger charge is -2.51. The fraction of sp³-hybridized carbons (Fsp3) is 0.600. The molecule has 1 saturated heterocycles. The van der Waals surface area contributed by atoms with E-state index in [0.29, 0.717) is 12.0 Å². The molecule has 0 radical (unpaired) electrons. The zero-order chi connectivity index (χ0) is 14.8. The highest BCUT2D eigenvalue weighted by molar-refractivity contribution is 5.96. The van der Waals surface area contributed by atoms with Crippen molar-refractivity contribution in [1.29, 1.82) is 0 Å². The molecule has 5 nitrogen and oxygen atoms in total. The van der Waals surface area contributed by atoms with Gasteiger partial charge in [-0.1, -0.05) is 6.08 Å². The summed E-state index contributed by atoms with van der Waals surface area (Å²) in [6.45, 7) is 5.39. The zero-order valence-electron chi connectivity index (χ0n) is 11.4. The molecule has 2 N–H and O–H groups in total. The topological polar surface area (TPSA) is 83.8 Å². The van der Waals surface area contributed by atoms with Crippen LogP contribution in [0.4, 0.5) is 0 Å². The van der Waals surface area contributed by atoms with Crippen molar-refractivity contribution in [2.45, 2.75) is 37.9 Å². The van der Waals surface area contributed by atoms with Crippen LogP contribution in [0.3, 0.4) is 0 Å². The van der Waals surface area contributed by atoms with Gasteiger partial charge in [0, 0.05) is 11.8 Å². The molecule has 20 heavy (non-hydrogen) atoms. The first-order valence-electron chi connectivity index (χ1n) is 6.74. The van der Waals surface area contributed by atoms with E-state index in [1.165, 1.54) is 6.08 Å². The van der Waals surface area contributed by atoms with E-state index in [0.717, 1.165) is 0 Å². The quantitative estimate of drug-likeness (QED) is 0.568. The van der Waals surface area contributed by atoms with Crippen molar-refractivity contribution < 1.29 is 24.5 Å². The Kier molecular flexibility index (Phi) is 2.57. The third-order valence-corrected chi connectivity index (χ3v) is 5.23. The Morgan fingerprint density at radius 2 is 2.25 bits per heavy atom. The number of carbonyl (C=O) groups excluding carboxylic acids is 2. The van der Waals surface area contributed by atoms with Crippen LogP contribution in [0.1, 0.15) is 26.2 Å². The first-order chi connectivity index (χ1) is 9.30. The minimum Gasteiger partial charge on any atom is -0.462 e. The molecule has 108 valence electrons. The van der Waals surface area contributed by atoms with Crippen LogP contribution >= 0.6 is 0 Å². The van der Waals surface area contributed by atoms with Crippen LogP contribution in [0.2, 0.25) is 0 Å². The van der Waals surface area contributed by atoms with Crippen molar-refractivity contribution >= 4 is 11.8 Å². The van der Waals surface area contributed by atoms with E-state index in [9.17, 15) is 19.8 Å². The number of cyclic esters (lactones) is 1. The van der Waals surface area contributed by atoms with Crippen LogP contribution < -0.4 is 0 Å². The average Bonchev–Trinajstić information content (AvgIpc) is 2.81. The molecule has 2 fully saturated rings. The van der Waals surface area contributed by atoms with Crippen LogP contribution in [-0.4, -0.2) is 40.3 Å². The molecule has 0 bridgehead atoms. The molecule has 5 heteroatoms. The van der Waals surface area contributed by atoms with Crippen molar-refractivity contribution in [3.8, 4) is 0 Å².